The largest absolute Gasteiger partial charge is 0.512 e. The molecule has 25 heavy (non-hydrogen) atoms. The summed E-state index contributed by atoms with van der Waals surface area (Å²) >= 11 is 0. The molecule has 0 saturated heterocycles. The van der Waals surface area contributed by atoms with E-state index in [9.17, 15) is 19.4 Å². The van der Waals surface area contributed by atoms with Crippen LogP contribution < -0.4 is 5.32 Å². The molecule has 0 unspecified atom stereocenters. The average Bonchev–Trinajstić information content (AvgIpc) is 2.49. The van der Waals surface area contributed by atoms with Gasteiger partial charge >= 0.3 is 6.09 Å². The molecular weight excluding hydrogens is 325 g/mol. The van der Waals surface area contributed by atoms with Crippen LogP contribution in [0.5, 0.6) is 0 Å². The predicted molar refractivity (Wildman–Crippen MR) is 95.7 cm³/mol. The molecule has 6 heteroatoms. The number of carbonyl (C=O) groups excluding carboxylic acids is 1. The van der Waals surface area contributed by atoms with Crippen molar-refractivity contribution in [3.8, 4) is 0 Å². The molecular formula is C19H26FNO4. The Hall–Kier alpha value is -2.50. The quantitative estimate of drug-likeness (QED) is 0.516. The minimum atomic E-state index is -0.644. The third-order valence-electron chi connectivity index (χ3n) is 3.25. The van der Waals surface area contributed by atoms with Crippen LogP contribution in [0, 0.1) is 5.82 Å². The molecule has 3 N–H and O–H groups in total. The summed E-state index contributed by atoms with van der Waals surface area (Å²) in [4.78, 5) is 11.7. The zero-order chi connectivity index (χ0) is 19.2. The highest BCUT2D eigenvalue weighted by atomic mass is 19.1. The van der Waals surface area contributed by atoms with Gasteiger partial charge in [-0.3, -0.25) is 0 Å². The normalized spacial score (nSPS) is 13.3. The molecule has 0 atom stereocenters. The summed E-state index contributed by atoms with van der Waals surface area (Å²) in [5.41, 5.74) is -0.0670. The highest BCUT2D eigenvalue weighted by Crippen LogP contribution is 2.26. The van der Waals surface area contributed by atoms with E-state index in [0.717, 1.165) is 0 Å². The molecule has 0 spiro atoms. The Balaban J connectivity index is 3.06. The molecule has 1 aromatic carbocycles. The zero-order valence-corrected chi connectivity index (χ0v) is 15.3. The maximum Gasteiger partial charge on any atom is 0.407 e. The number of ether oxygens (including phenoxy) is 1. The minimum Gasteiger partial charge on any atom is -0.512 e. The lowest BCUT2D eigenvalue weighted by atomic mass is 10.00. The van der Waals surface area contributed by atoms with Gasteiger partial charge in [0.05, 0.1) is 11.5 Å². The van der Waals surface area contributed by atoms with Gasteiger partial charge in [0.1, 0.15) is 11.4 Å². The summed E-state index contributed by atoms with van der Waals surface area (Å²) < 4.78 is 19.9. The van der Waals surface area contributed by atoms with Gasteiger partial charge in [-0.15, -0.1) is 0 Å². The lowest BCUT2D eigenvalue weighted by molar-refractivity contribution is 0.0523. The van der Waals surface area contributed by atoms with Gasteiger partial charge in [-0.25, -0.2) is 9.18 Å². The van der Waals surface area contributed by atoms with Crippen molar-refractivity contribution in [1.29, 1.82) is 0 Å². The smallest absolute Gasteiger partial charge is 0.407 e. The molecule has 1 amide bonds. The molecule has 5 nitrogen and oxygen atoms in total. The van der Waals surface area contributed by atoms with Gasteiger partial charge in [0, 0.05) is 29.7 Å². The fourth-order valence-electron chi connectivity index (χ4n) is 2.05. The third kappa shape index (κ3) is 6.49. The predicted octanol–water partition coefficient (Wildman–Crippen LogP) is 4.99. The zero-order valence-electron chi connectivity index (χ0n) is 15.3. The van der Waals surface area contributed by atoms with Crippen molar-refractivity contribution >= 4 is 11.7 Å². The number of alkyl carbamates (subject to hydrolysis) is 1. The second-order valence-electron chi connectivity index (χ2n) is 6.62. The SMILES string of the molecule is CC/C(O)=C\C(=C(/C)O)c1cccc(CNC(=O)OC(C)(C)C)c1F. The van der Waals surface area contributed by atoms with E-state index in [1.54, 1.807) is 33.8 Å². The van der Waals surface area contributed by atoms with Gasteiger partial charge in [0.15, 0.2) is 0 Å². The van der Waals surface area contributed by atoms with Gasteiger partial charge in [-0.05, 0) is 33.8 Å². The Bertz CT molecular complexity index is 683. The Morgan fingerprint density at radius 2 is 1.96 bits per heavy atom. The van der Waals surface area contributed by atoms with E-state index in [0.29, 0.717) is 6.42 Å². The van der Waals surface area contributed by atoms with Crippen molar-refractivity contribution in [2.24, 2.45) is 0 Å². The first kappa shape index (κ1) is 20.5. The third-order valence-corrected chi connectivity index (χ3v) is 3.25. The van der Waals surface area contributed by atoms with Gasteiger partial charge in [0.2, 0.25) is 0 Å². The Morgan fingerprint density at radius 3 is 2.48 bits per heavy atom. The molecule has 0 saturated carbocycles. The summed E-state index contributed by atoms with van der Waals surface area (Å²) in [7, 11) is 0. The number of aliphatic hydroxyl groups is 2. The van der Waals surface area contributed by atoms with E-state index in [1.807, 2.05) is 0 Å². The van der Waals surface area contributed by atoms with Crippen molar-refractivity contribution in [2.45, 2.75) is 53.2 Å². The maximum atomic E-state index is 14.8. The average molecular weight is 351 g/mol. The molecule has 138 valence electrons. The molecule has 1 aromatic rings. The molecule has 0 bridgehead atoms. The second kappa shape index (κ2) is 8.55. The van der Waals surface area contributed by atoms with Crippen LogP contribution in [-0.2, 0) is 11.3 Å². The second-order valence-corrected chi connectivity index (χ2v) is 6.62. The molecule has 0 fully saturated rings. The summed E-state index contributed by atoms with van der Waals surface area (Å²) in [6.45, 7) is 8.31. The Labute approximate surface area is 147 Å². The van der Waals surface area contributed by atoms with Crippen LogP contribution in [0.4, 0.5) is 9.18 Å². The lowest BCUT2D eigenvalue weighted by Gasteiger charge is -2.20. The Kier molecular flexibility index (Phi) is 7.03. The number of rotatable bonds is 5. The number of allylic oxidation sites excluding steroid dienone is 4. The summed E-state index contributed by atoms with van der Waals surface area (Å²) in [5, 5.41) is 22.0. The highest BCUT2D eigenvalue weighted by molar-refractivity contribution is 5.76. The molecule has 0 aliphatic carbocycles. The minimum absolute atomic E-state index is 0.0279. The topological polar surface area (TPSA) is 78.8 Å². The standard InChI is InChI=1S/C19H26FNO4/c1-6-14(23)10-16(12(2)22)15-9-7-8-13(17(15)20)11-21-18(24)25-19(3,4)5/h7-10,22-23H,6,11H2,1-5H3,(H,21,24)/b14-10+,16-12-. The first-order valence-corrected chi connectivity index (χ1v) is 8.09. The van der Waals surface area contributed by atoms with Crippen molar-refractivity contribution in [2.75, 3.05) is 0 Å². The molecule has 0 aliphatic rings. The number of hydrogen-bond acceptors (Lipinski definition) is 4. The molecule has 0 radical (unpaired) electrons. The first-order chi connectivity index (χ1) is 11.5. The van der Waals surface area contributed by atoms with Crippen LogP contribution in [0.2, 0.25) is 0 Å². The Morgan fingerprint density at radius 1 is 1.32 bits per heavy atom. The van der Waals surface area contributed by atoms with Crippen molar-refractivity contribution in [3.05, 3.63) is 52.7 Å². The molecule has 0 aliphatic heterocycles. The van der Waals surface area contributed by atoms with E-state index in [2.05, 4.69) is 5.32 Å². The number of nitrogens with one attached hydrogen (secondary N) is 1. The van der Waals surface area contributed by atoms with E-state index in [-0.39, 0.29) is 34.8 Å². The summed E-state index contributed by atoms with van der Waals surface area (Å²) in [6.07, 6.45) is 1.05. The number of hydrogen-bond donors (Lipinski definition) is 3. The van der Waals surface area contributed by atoms with Crippen molar-refractivity contribution in [3.63, 3.8) is 0 Å². The number of benzene rings is 1. The number of halogens is 1. The molecule has 1 rings (SSSR count). The fourth-order valence-corrected chi connectivity index (χ4v) is 2.05. The van der Waals surface area contributed by atoms with Crippen molar-refractivity contribution in [1.82, 2.24) is 5.32 Å². The van der Waals surface area contributed by atoms with Gasteiger partial charge in [-0.1, -0.05) is 25.1 Å². The molecule has 0 aromatic heterocycles. The van der Waals surface area contributed by atoms with Crippen LogP contribution in [0.1, 0.15) is 52.2 Å². The number of carbonyl (C=O) groups is 1. The first-order valence-electron chi connectivity index (χ1n) is 8.09. The van der Waals surface area contributed by atoms with E-state index in [4.69, 9.17) is 4.74 Å². The van der Waals surface area contributed by atoms with Gasteiger partial charge < -0.3 is 20.3 Å². The highest BCUT2D eigenvalue weighted by Gasteiger charge is 2.18. The van der Waals surface area contributed by atoms with E-state index < -0.39 is 17.5 Å². The van der Waals surface area contributed by atoms with Crippen molar-refractivity contribution < 1.29 is 24.1 Å². The maximum absolute atomic E-state index is 14.8. The van der Waals surface area contributed by atoms with Gasteiger partial charge in [-0.2, -0.15) is 0 Å². The van der Waals surface area contributed by atoms with Gasteiger partial charge in [0.25, 0.3) is 0 Å². The van der Waals surface area contributed by atoms with Crippen LogP contribution >= 0.6 is 0 Å². The monoisotopic (exact) mass is 351 g/mol. The number of amides is 1. The summed E-state index contributed by atoms with van der Waals surface area (Å²) in [6, 6.07) is 4.65. The van der Waals surface area contributed by atoms with E-state index >= 15 is 0 Å². The summed E-state index contributed by atoms with van der Waals surface area (Å²) in [5.74, 6) is -0.668. The van der Waals surface area contributed by atoms with Crippen LogP contribution in [0.3, 0.4) is 0 Å². The van der Waals surface area contributed by atoms with Crippen LogP contribution in [0.25, 0.3) is 5.57 Å². The van der Waals surface area contributed by atoms with Crippen LogP contribution in [0.15, 0.2) is 35.8 Å². The number of aliphatic hydroxyl groups excluding tert-OH is 2. The fraction of sp³-hybridized carbons (Fsp3) is 0.421. The molecule has 0 heterocycles. The van der Waals surface area contributed by atoms with E-state index in [1.165, 1.54) is 25.1 Å². The lowest BCUT2D eigenvalue weighted by Crippen LogP contribution is -2.32. The van der Waals surface area contributed by atoms with Crippen LogP contribution in [-0.4, -0.2) is 21.9 Å².